The van der Waals surface area contributed by atoms with Gasteiger partial charge in [-0.05, 0) is 37.0 Å². The summed E-state index contributed by atoms with van der Waals surface area (Å²) in [6, 6.07) is 7.63. The predicted octanol–water partition coefficient (Wildman–Crippen LogP) is 2.27. The van der Waals surface area contributed by atoms with Crippen LogP contribution in [0.1, 0.15) is 24.8 Å². The van der Waals surface area contributed by atoms with Gasteiger partial charge in [0.1, 0.15) is 5.75 Å². The minimum Gasteiger partial charge on any atom is -0.497 e. The van der Waals surface area contributed by atoms with Crippen LogP contribution >= 0.6 is 0 Å². The van der Waals surface area contributed by atoms with E-state index in [2.05, 4.69) is 0 Å². The molecule has 1 atom stereocenters. The molecule has 0 saturated carbocycles. The molecule has 1 saturated heterocycles. The highest BCUT2D eigenvalue weighted by Gasteiger charge is 2.18. The van der Waals surface area contributed by atoms with Gasteiger partial charge in [-0.2, -0.15) is 0 Å². The fourth-order valence-electron chi connectivity index (χ4n) is 2.41. The molecule has 4 nitrogen and oxygen atoms in total. The van der Waals surface area contributed by atoms with Crippen LogP contribution in [0.4, 0.5) is 0 Å². The standard InChI is InChI=1S/C16H23NO3/c1-17(12-15-5-3-4-10-20-15)16(18)11-13-6-8-14(19-2)9-7-13/h6-9,15H,3-5,10-12H2,1-2H3. The summed E-state index contributed by atoms with van der Waals surface area (Å²) in [6.07, 6.45) is 4.02. The van der Waals surface area contributed by atoms with E-state index < -0.39 is 0 Å². The number of carbonyl (C=O) groups is 1. The van der Waals surface area contributed by atoms with E-state index in [0.717, 1.165) is 30.8 Å². The van der Waals surface area contributed by atoms with Gasteiger partial charge >= 0.3 is 0 Å². The molecule has 0 bridgehead atoms. The molecule has 110 valence electrons. The van der Waals surface area contributed by atoms with Gasteiger partial charge in [0.2, 0.25) is 5.91 Å². The number of hydrogen-bond acceptors (Lipinski definition) is 3. The van der Waals surface area contributed by atoms with Gasteiger partial charge in [0, 0.05) is 20.2 Å². The second-order valence-electron chi connectivity index (χ2n) is 5.29. The first kappa shape index (κ1) is 14.9. The molecule has 1 aliphatic heterocycles. The van der Waals surface area contributed by atoms with Crippen molar-refractivity contribution in [2.45, 2.75) is 31.8 Å². The van der Waals surface area contributed by atoms with Crippen LogP contribution in [0.15, 0.2) is 24.3 Å². The van der Waals surface area contributed by atoms with E-state index in [1.54, 1.807) is 12.0 Å². The molecule has 20 heavy (non-hydrogen) atoms. The van der Waals surface area contributed by atoms with Gasteiger partial charge in [-0.15, -0.1) is 0 Å². The first-order chi connectivity index (χ1) is 9.69. The largest absolute Gasteiger partial charge is 0.497 e. The van der Waals surface area contributed by atoms with E-state index in [-0.39, 0.29) is 12.0 Å². The van der Waals surface area contributed by atoms with Crippen molar-refractivity contribution in [3.63, 3.8) is 0 Å². The molecule has 1 aliphatic rings. The highest BCUT2D eigenvalue weighted by molar-refractivity contribution is 5.78. The highest BCUT2D eigenvalue weighted by atomic mass is 16.5. The molecule has 0 aromatic heterocycles. The van der Waals surface area contributed by atoms with E-state index >= 15 is 0 Å². The lowest BCUT2D eigenvalue weighted by Crippen LogP contribution is -2.37. The molecule has 1 aromatic rings. The van der Waals surface area contributed by atoms with Crippen LogP contribution in [-0.4, -0.2) is 44.2 Å². The highest BCUT2D eigenvalue weighted by Crippen LogP contribution is 2.15. The molecule has 1 aromatic carbocycles. The number of benzene rings is 1. The lowest BCUT2D eigenvalue weighted by Gasteiger charge is -2.27. The Morgan fingerprint density at radius 3 is 2.70 bits per heavy atom. The van der Waals surface area contributed by atoms with Gasteiger partial charge in [0.05, 0.1) is 19.6 Å². The van der Waals surface area contributed by atoms with Gasteiger partial charge in [-0.25, -0.2) is 0 Å². The van der Waals surface area contributed by atoms with E-state index in [4.69, 9.17) is 9.47 Å². The van der Waals surface area contributed by atoms with E-state index in [1.807, 2.05) is 31.3 Å². The van der Waals surface area contributed by atoms with Crippen molar-refractivity contribution in [3.05, 3.63) is 29.8 Å². The Kier molecular flexibility index (Phi) is 5.41. The zero-order valence-electron chi connectivity index (χ0n) is 12.3. The third-order valence-electron chi connectivity index (χ3n) is 3.69. The van der Waals surface area contributed by atoms with Crippen molar-refractivity contribution in [2.24, 2.45) is 0 Å². The zero-order chi connectivity index (χ0) is 14.4. The SMILES string of the molecule is COc1ccc(CC(=O)N(C)CC2CCCCO2)cc1. The summed E-state index contributed by atoms with van der Waals surface area (Å²) in [5.74, 6) is 0.939. The maximum Gasteiger partial charge on any atom is 0.226 e. The van der Waals surface area contributed by atoms with Gasteiger partial charge in [0.25, 0.3) is 0 Å². The Bertz CT molecular complexity index is 424. The minimum atomic E-state index is 0.129. The summed E-state index contributed by atoms with van der Waals surface area (Å²) < 4.78 is 10.8. The molecule has 0 N–H and O–H groups in total. The number of methoxy groups -OCH3 is 1. The minimum absolute atomic E-state index is 0.129. The second-order valence-corrected chi connectivity index (χ2v) is 5.29. The van der Waals surface area contributed by atoms with Gasteiger partial charge in [0.15, 0.2) is 0 Å². The van der Waals surface area contributed by atoms with Crippen LogP contribution in [0.3, 0.4) is 0 Å². The molecule has 2 rings (SSSR count). The predicted molar refractivity (Wildman–Crippen MR) is 77.9 cm³/mol. The first-order valence-corrected chi connectivity index (χ1v) is 7.17. The summed E-state index contributed by atoms with van der Waals surface area (Å²) in [6.45, 7) is 1.51. The number of nitrogens with zero attached hydrogens (tertiary/aromatic N) is 1. The number of carbonyl (C=O) groups excluding carboxylic acids is 1. The van der Waals surface area contributed by atoms with Gasteiger partial charge in [-0.3, -0.25) is 4.79 Å². The summed E-state index contributed by atoms with van der Waals surface area (Å²) in [4.78, 5) is 14.0. The fourth-order valence-corrected chi connectivity index (χ4v) is 2.41. The molecule has 1 unspecified atom stereocenters. The van der Waals surface area contributed by atoms with Crippen LogP contribution in [0.5, 0.6) is 5.75 Å². The van der Waals surface area contributed by atoms with Crippen molar-refractivity contribution in [1.29, 1.82) is 0 Å². The molecule has 0 radical (unpaired) electrons. The second kappa shape index (κ2) is 7.29. The Labute approximate surface area is 120 Å². The topological polar surface area (TPSA) is 38.8 Å². The van der Waals surface area contributed by atoms with Crippen LogP contribution in [-0.2, 0) is 16.0 Å². The number of likely N-dealkylation sites (N-methyl/N-ethyl adjacent to an activating group) is 1. The lowest BCUT2D eigenvalue weighted by molar-refractivity contribution is -0.131. The van der Waals surface area contributed by atoms with Crippen LogP contribution in [0.2, 0.25) is 0 Å². The Morgan fingerprint density at radius 2 is 2.10 bits per heavy atom. The third-order valence-corrected chi connectivity index (χ3v) is 3.69. The first-order valence-electron chi connectivity index (χ1n) is 7.17. The Hall–Kier alpha value is -1.55. The molecule has 0 spiro atoms. The molecular formula is C16H23NO3. The third kappa shape index (κ3) is 4.23. The van der Waals surface area contributed by atoms with Crippen molar-refractivity contribution >= 4 is 5.91 Å². The number of rotatable bonds is 5. The van der Waals surface area contributed by atoms with E-state index in [9.17, 15) is 4.79 Å². The Balaban J connectivity index is 1.83. The van der Waals surface area contributed by atoms with Crippen molar-refractivity contribution in [2.75, 3.05) is 27.3 Å². The molecule has 4 heteroatoms. The normalized spacial score (nSPS) is 18.6. The number of amides is 1. The van der Waals surface area contributed by atoms with Crippen LogP contribution in [0, 0.1) is 0 Å². The number of hydrogen-bond donors (Lipinski definition) is 0. The quantitative estimate of drug-likeness (QED) is 0.828. The van der Waals surface area contributed by atoms with Crippen LogP contribution in [0.25, 0.3) is 0 Å². The maximum absolute atomic E-state index is 12.2. The van der Waals surface area contributed by atoms with Crippen molar-refractivity contribution < 1.29 is 14.3 Å². The summed E-state index contributed by atoms with van der Waals surface area (Å²) in [5, 5.41) is 0. The maximum atomic E-state index is 12.2. The van der Waals surface area contributed by atoms with Crippen molar-refractivity contribution in [3.8, 4) is 5.75 Å². The molecule has 1 amide bonds. The van der Waals surface area contributed by atoms with Crippen LogP contribution < -0.4 is 4.74 Å². The average Bonchev–Trinajstić information content (AvgIpc) is 2.49. The summed E-state index contributed by atoms with van der Waals surface area (Å²) >= 11 is 0. The average molecular weight is 277 g/mol. The zero-order valence-corrected chi connectivity index (χ0v) is 12.3. The molecule has 1 fully saturated rings. The molecular weight excluding hydrogens is 254 g/mol. The summed E-state index contributed by atoms with van der Waals surface area (Å²) in [5.41, 5.74) is 1.01. The van der Waals surface area contributed by atoms with Gasteiger partial charge in [-0.1, -0.05) is 12.1 Å². The van der Waals surface area contributed by atoms with E-state index in [1.165, 1.54) is 6.42 Å². The fraction of sp³-hybridized carbons (Fsp3) is 0.562. The smallest absolute Gasteiger partial charge is 0.226 e. The van der Waals surface area contributed by atoms with E-state index in [0.29, 0.717) is 13.0 Å². The molecule has 0 aliphatic carbocycles. The van der Waals surface area contributed by atoms with Crippen molar-refractivity contribution in [1.82, 2.24) is 4.90 Å². The molecule has 1 heterocycles. The van der Waals surface area contributed by atoms with Gasteiger partial charge < -0.3 is 14.4 Å². The lowest BCUT2D eigenvalue weighted by atomic mass is 10.1. The number of ether oxygens (including phenoxy) is 2. The summed E-state index contributed by atoms with van der Waals surface area (Å²) in [7, 11) is 3.49. The monoisotopic (exact) mass is 277 g/mol. The Morgan fingerprint density at radius 1 is 1.35 bits per heavy atom.